The highest BCUT2D eigenvalue weighted by Crippen LogP contribution is 2.23. The zero-order valence-corrected chi connectivity index (χ0v) is 15.7. The summed E-state index contributed by atoms with van der Waals surface area (Å²) in [5.41, 5.74) is 5.36. The maximum Gasteiger partial charge on any atom is 0.244 e. The number of hydrogen-bond donors (Lipinski definition) is 1. The molecule has 2 aromatic heterocycles. The molecule has 7 heteroatoms. The summed E-state index contributed by atoms with van der Waals surface area (Å²) in [6, 6.07) is 0.286. The minimum absolute atomic E-state index is 0.0998. The van der Waals surface area contributed by atoms with Crippen LogP contribution >= 0.6 is 0 Å². The van der Waals surface area contributed by atoms with Gasteiger partial charge in [0.2, 0.25) is 5.91 Å². The number of fused-ring (bicyclic) bond motifs is 1. The maximum absolute atomic E-state index is 12.7. The van der Waals surface area contributed by atoms with Gasteiger partial charge in [-0.25, -0.2) is 9.97 Å². The topological polar surface area (TPSA) is 75.9 Å². The van der Waals surface area contributed by atoms with E-state index in [0.29, 0.717) is 19.6 Å². The molecule has 7 nitrogen and oxygen atoms in total. The second kappa shape index (κ2) is 6.79. The smallest absolute Gasteiger partial charge is 0.244 e. The van der Waals surface area contributed by atoms with E-state index in [9.17, 15) is 4.79 Å². The first-order valence-electron chi connectivity index (χ1n) is 9.39. The Labute approximate surface area is 153 Å². The first-order chi connectivity index (χ1) is 12.5. The molecule has 0 aromatic carbocycles. The minimum atomic E-state index is 0.0998. The number of nitrogens with zero attached hydrogens (tertiary/aromatic N) is 5. The van der Waals surface area contributed by atoms with E-state index in [1.54, 1.807) is 0 Å². The van der Waals surface area contributed by atoms with Gasteiger partial charge in [0.15, 0.2) is 0 Å². The van der Waals surface area contributed by atoms with Gasteiger partial charge >= 0.3 is 0 Å². The van der Waals surface area contributed by atoms with Gasteiger partial charge in [-0.3, -0.25) is 9.48 Å². The van der Waals surface area contributed by atoms with Crippen molar-refractivity contribution < 1.29 is 4.79 Å². The Bertz CT molecular complexity index is 837. The number of hydrogen-bond acceptors (Lipinski definition) is 5. The summed E-state index contributed by atoms with van der Waals surface area (Å²) < 4.78 is 1.81. The van der Waals surface area contributed by atoms with E-state index < -0.39 is 0 Å². The van der Waals surface area contributed by atoms with Crippen LogP contribution in [0.15, 0.2) is 6.20 Å². The van der Waals surface area contributed by atoms with Gasteiger partial charge in [0.1, 0.15) is 12.4 Å². The molecule has 0 saturated carbocycles. The predicted octanol–water partition coefficient (Wildman–Crippen LogP) is 1.61. The third-order valence-electron chi connectivity index (χ3n) is 5.71. The van der Waals surface area contributed by atoms with Gasteiger partial charge in [-0.05, 0) is 45.7 Å². The van der Waals surface area contributed by atoms with Gasteiger partial charge in [-0.2, -0.15) is 5.10 Å². The Morgan fingerprint density at radius 3 is 2.88 bits per heavy atom. The van der Waals surface area contributed by atoms with Crippen molar-refractivity contribution >= 4 is 5.91 Å². The van der Waals surface area contributed by atoms with E-state index in [1.807, 2.05) is 36.5 Å². The van der Waals surface area contributed by atoms with E-state index >= 15 is 0 Å². The van der Waals surface area contributed by atoms with E-state index in [1.165, 1.54) is 6.42 Å². The summed E-state index contributed by atoms with van der Waals surface area (Å²) in [6.45, 7) is 8.67. The monoisotopic (exact) mass is 354 g/mol. The number of aryl methyl sites for hydroxylation is 1. The van der Waals surface area contributed by atoms with Crippen LogP contribution in [0.3, 0.4) is 0 Å². The summed E-state index contributed by atoms with van der Waals surface area (Å²) in [7, 11) is 0. The van der Waals surface area contributed by atoms with Crippen molar-refractivity contribution in [2.75, 3.05) is 13.1 Å². The zero-order valence-electron chi connectivity index (χ0n) is 15.7. The molecule has 1 atom stereocenters. The van der Waals surface area contributed by atoms with Crippen LogP contribution in [0.4, 0.5) is 0 Å². The average Bonchev–Trinajstić information content (AvgIpc) is 3.26. The van der Waals surface area contributed by atoms with Crippen molar-refractivity contribution in [3.8, 4) is 0 Å². The maximum atomic E-state index is 12.7. The van der Waals surface area contributed by atoms with Crippen molar-refractivity contribution in [2.24, 2.45) is 0 Å². The second-order valence-corrected chi connectivity index (χ2v) is 7.37. The van der Waals surface area contributed by atoms with Crippen molar-refractivity contribution in [1.29, 1.82) is 0 Å². The van der Waals surface area contributed by atoms with E-state index in [0.717, 1.165) is 53.4 Å². The van der Waals surface area contributed by atoms with E-state index in [4.69, 9.17) is 4.98 Å². The van der Waals surface area contributed by atoms with Crippen LogP contribution in [0.5, 0.6) is 0 Å². The van der Waals surface area contributed by atoms with Crippen molar-refractivity contribution in [3.63, 3.8) is 0 Å². The zero-order chi connectivity index (χ0) is 18.3. The van der Waals surface area contributed by atoms with Crippen LogP contribution in [-0.2, 0) is 24.3 Å². The fourth-order valence-corrected chi connectivity index (χ4v) is 3.79. The lowest BCUT2D eigenvalue weighted by Gasteiger charge is -2.28. The highest BCUT2D eigenvalue weighted by Gasteiger charge is 2.25. The van der Waals surface area contributed by atoms with E-state index in [-0.39, 0.29) is 11.9 Å². The van der Waals surface area contributed by atoms with E-state index in [2.05, 4.69) is 15.4 Å². The summed E-state index contributed by atoms with van der Waals surface area (Å²) >= 11 is 0. The molecule has 1 N–H and O–H groups in total. The molecule has 0 radical (unpaired) electrons. The third-order valence-corrected chi connectivity index (χ3v) is 5.71. The number of amides is 1. The molecule has 4 heterocycles. The summed E-state index contributed by atoms with van der Waals surface area (Å²) in [5.74, 6) is 1.00. The lowest BCUT2D eigenvalue weighted by Crippen LogP contribution is -2.39. The summed E-state index contributed by atoms with van der Waals surface area (Å²) in [4.78, 5) is 24.0. The molecular weight excluding hydrogens is 328 g/mol. The molecule has 2 aliphatic heterocycles. The SMILES string of the molecule is Cc1nn(CC(=O)N2CCc3nc([C@H]4CCCN4)ncc3C2)c(C)c1C. The molecule has 26 heavy (non-hydrogen) atoms. The molecule has 4 rings (SSSR count). The standard InChI is InChI=1S/C19H26N6O/c1-12-13(2)23-25(14(12)3)11-18(26)24-8-6-16-15(10-24)9-21-19(22-16)17-5-4-7-20-17/h9,17,20H,4-8,10-11H2,1-3H3/t17-/m1/s1. The van der Waals surface area contributed by atoms with Crippen molar-refractivity contribution in [2.45, 2.75) is 59.2 Å². The molecule has 138 valence electrons. The fraction of sp³-hybridized carbons (Fsp3) is 0.579. The van der Waals surface area contributed by atoms with Gasteiger partial charge < -0.3 is 10.2 Å². The van der Waals surface area contributed by atoms with Crippen LogP contribution in [0, 0.1) is 20.8 Å². The van der Waals surface area contributed by atoms with Crippen LogP contribution in [0.1, 0.15) is 52.9 Å². The molecular formula is C19H26N6O. The summed E-state index contributed by atoms with van der Waals surface area (Å²) in [6.07, 6.45) is 4.98. The van der Waals surface area contributed by atoms with Crippen LogP contribution < -0.4 is 5.32 Å². The lowest BCUT2D eigenvalue weighted by molar-refractivity contribution is -0.133. The molecule has 0 aliphatic carbocycles. The third kappa shape index (κ3) is 3.11. The van der Waals surface area contributed by atoms with Crippen LogP contribution in [-0.4, -0.2) is 43.6 Å². The lowest BCUT2D eigenvalue weighted by atomic mass is 10.1. The normalized spacial score (nSPS) is 19.7. The average molecular weight is 354 g/mol. The van der Waals surface area contributed by atoms with Gasteiger partial charge in [0, 0.05) is 37.0 Å². The first kappa shape index (κ1) is 17.1. The number of rotatable bonds is 3. The quantitative estimate of drug-likeness (QED) is 0.906. The molecule has 1 saturated heterocycles. The predicted molar refractivity (Wildman–Crippen MR) is 97.6 cm³/mol. The first-order valence-corrected chi connectivity index (χ1v) is 9.39. The number of carbonyl (C=O) groups is 1. The van der Waals surface area contributed by atoms with Crippen LogP contribution in [0.25, 0.3) is 0 Å². The molecule has 0 unspecified atom stereocenters. The number of nitrogens with one attached hydrogen (secondary N) is 1. The van der Waals surface area contributed by atoms with Gasteiger partial charge in [-0.15, -0.1) is 0 Å². The number of carbonyl (C=O) groups excluding carboxylic acids is 1. The van der Waals surface area contributed by atoms with Crippen molar-refractivity contribution in [1.82, 2.24) is 30.0 Å². The van der Waals surface area contributed by atoms with Gasteiger partial charge in [0.05, 0.1) is 17.4 Å². The Balaban J connectivity index is 1.46. The molecule has 0 spiro atoms. The summed E-state index contributed by atoms with van der Waals surface area (Å²) in [5, 5.41) is 7.93. The Morgan fingerprint density at radius 2 is 2.19 bits per heavy atom. The molecule has 1 amide bonds. The highest BCUT2D eigenvalue weighted by molar-refractivity contribution is 5.76. The van der Waals surface area contributed by atoms with Gasteiger partial charge in [0.25, 0.3) is 0 Å². The molecule has 1 fully saturated rings. The fourth-order valence-electron chi connectivity index (χ4n) is 3.79. The molecule has 2 aromatic rings. The largest absolute Gasteiger partial charge is 0.336 e. The molecule has 2 aliphatic rings. The highest BCUT2D eigenvalue weighted by atomic mass is 16.2. The van der Waals surface area contributed by atoms with Crippen molar-refractivity contribution in [3.05, 3.63) is 40.2 Å². The Morgan fingerprint density at radius 1 is 1.35 bits per heavy atom. The number of aromatic nitrogens is 4. The second-order valence-electron chi connectivity index (χ2n) is 7.37. The van der Waals surface area contributed by atoms with Crippen LogP contribution in [0.2, 0.25) is 0 Å². The van der Waals surface area contributed by atoms with Gasteiger partial charge in [-0.1, -0.05) is 0 Å². The molecule has 0 bridgehead atoms. The Kier molecular flexibility index (Phi) is 4.48. The minimum Gasteiger partial charge on any atom is -0.336 e. The Hall–Kier alpha value is -2.28.